The maximum Gasteiger partial charge on any atom is 0.00315 e. The number of alkyl halides is 1. The molecule has 0 radical (unpaired) electrons. The van der Waals surface area contributed by atoms with Crippen LogP contribution in [0.2, 0.25) is 0 Å². The number of rotatable bonds is 12. The van der Waals surface area contributed by atoms with Crippen LogP contribution < -0.4 is 0 Å². The third-order valence-electron chi connectivity index (χ3n) is 10.1. The molecule has 0 N–H and O–H groups in total. The van der Waals surface area contributed by atoms with Crippen molar-refractivity contribution in [3.63, 3.8) is 0 Å². The first-order valence-corrected chi connectivity index (χ1v) is 12.9. The second kappa shape index (κ2) is 9.74. The molecule has 0 aliphatic heterocycles. The van der Waals surface area contributed by atoms with Crippen molar-refractivity contribution in [3.8, 4) is 0 Å². The summed E-state index contributed by atoms with van der Waals surface area (Å²) in [6.07, 6.45) is 5.14. The average Bonchev–Trinajstić information content (AvgIpc) is 2.51. The van der Waals surface area contributed by atoms with Crippen LogP contribution in [0.15, 0.2) is 0 Å². The van der Waals surface area contributed by atoms with Crippen molar-refractivity contribution in [1.29, 1.82) is 0 Å². The molecule has 0 aromatic carbocycles. The van der Waals surface area contributed by atoms with Gasteiger partial charge in [0.25, 0.3) is 0 Å². The zero-order chi connectivity index (χ0) is 22.8. The maximum absolute atomic E-state index is 3.63. The second-order valence-electron chi connectivity index (χ2n) is 13.4. The van der Waals surface area contributed by atoms with Crippen LogP contribution in [-0.4, -0.2) is 5.33 Å². The van der Waals surface area contributed by atoms with Gasteiger partial charge in [-0.2, -0.15) is 0 Å². The van der Waals surface area contributed by atoms with Crippen LogP contribution in [0.4, 0.5) is 0 Å². The summed E-state index contributed by atoms with van der Waals surface area (Å²) in [5.74, 6) is 2.12. The monoisotopic (exact) mass is 458 g/mol. The Morgan fingerprint density at radius 3 is 1.39 bits per heavy atom. The topological polar surface area (TPSA) is 0 Å². The lowest BCUT2D eigenvalue weighted by Crippen LogP contribution is -2.45. The van der Waals surface area contributed by atoms with Gasteiger partial charge in [0.2, 0.25) is 0 Å². The van der Waals surface area contributed by atoms with Gasteiger partial charge in [-0.05, 0) is 70.5 Å². The molecule has 0 saturated carbocycles. The summed E-state index contributed by atoms with van der Waals surface area (Å²) in [4.78, 5) is 0. The lowest BCUT2D eigenvalue weighted by atomic mass is 9.52. The van der Waals surface area contributed by atoms with Crippen molar-refractivity contribution < 1.29 is 0 Å². The minimum absolute atomic E-state index is 0.307. The van der Waals surface area contributed by atoms with Crippen LogP contribution in [0.25, 0.3) is 0 Å². The Kier molecular flexibility index (Phi) is 9.91. The van der Waals surface area contributed by atoms with Crippen molar-refractivity contribution in [3.05, 3.63) is 0 Å². The van der Waals surface area contributed by atoms with E-state index in [9.17, 15) is 0 Å². The minimum atomic E-state index is 0.307. The summed E-state index contributed by atoms with van der Waals surface area (Å²) >= 11 is 3.63. The molecular weight excluding hydrogens is 404 g/mol. The predicted octanol–water partition coefficient (Wildman–Crippen LogP) is 10.0. The Balaban J connectivity index is 5.47. The maximum atomic E-state index is 3.63. The molecule has 0 amide bonds. The summed E-state index contributed by atoms with van der Waals surface area (Å²) in [6.45, 7) is 34.8. The van der Waals surface area contributed by atoms with Gasteiger partial charge in [0.1, 0.15) is 0 Å². The summed E-state index contributed by atoms with van der Waals surface area (Å²) in [5.41, 5.74) is 1.69. The summed E-state index contributed by atoms with van der Waals surface area (Å²) in [6, 6.07) is 0. The van der Waals surface area contributed by atoms with Crippen LogP contribution in [0.3, 0.4) is 0 Å². The molecule has 28 heavy (non-hydrogen) atoms. The normalized spacial score (nSPS) is 17.1. The molecule has 0 heterocycles. The van der Waals surface area contributed by atoms with Crippen LogP contribution in [-0.2, 0) is 0 Å². The van der Waals surface area contributed by atoms with Crippen molar-refractivity contribution in [1.82, 2.24) is 0 Å². The van der Waals surface area contributed by atoms with Crippen LogP contribution >= 0.6 is 15.9 Å². The highest BCUT2D eigenvalue weighted by molar-refractivity contribution is 9.09. The first-order chi connectivity index (χ1) is 12.3. The van der Waals surface area contributed by atoms with E-state index in [4.69, 9.17) is 0 Å². The van der Waals surface area contributed by atoms with Gasteiger partial charge >= 0.3 is 0 Å². The van der Waals surface area contributed by atoms with Crippen LogP contribution in [0, 0.1) is 44.8 Å². The SMILES string of the molecule is CC(C)C(C)(C)CC(C)C(C)(C)C(C)(C)CC(C)C(C)(C)C(C)(C)CCCBr. The van der Waals surface area contributed by atoms with Gasteiger partial charge < -0.3 is 0 Å². The smallest absolute Gasteiger partial charge is 0.00315 e. The van der Waals surface area contributed by atoms with Gasteiger partial charge in [0, 0.05) is 5.33 Å². The Hall–Kier alpha value is 0.480. The summed E-state index contributed by atoms with van der Waals surface area (Å²) < 4.78 is 0. The van der Waals surface area contributed by atoms with Gasteiger partial charge in [0.15, 0.2) is 0 Å². The molecular formula is C27H55Br. The Bertz CT molecular complexity index is 465. The zero-order valence-corrected chi connectivity index (χ0v) is 23.7. The van der Waals surface area contributed by atoms with Gasteiger partial charge in [-0.15, -0.1) is 0 Å². The van der Waals surface area contributed by atoms with E-state index in [2.05, 4.69) is 113 Å². The molecule has 0 aromatic heterocycles. The van der Waals surface area contributed by atoms with E-state index in [0.717, 1.165) is 11.2 Å². The molecule has 0 nitrogen and oxygen atoms in total. The minimum Gasteiger partial charge on any atom is -0.0928 e. The molecule has 0 spiro atoms. The van der Waals surface area contributed by atoms with Crippen molar-refractivity contribution >= 4 is 15.9 Å². The molecule has 0 fully saturated rings. The van der Waals surface area contributed by atoms with Gasteiger partial charge in [-0.1, -0.05) is 113 Å². The van der Waals surface area contributed by atoms with E-state index in [1.54, 1.807) is 0 Å². The van der Waals surface area contributed by atoms with Crippen molar-refractivity contribution in [2.75, 3.05) is 5.33 Å². The van der Waals surface area contributed by atoms with Crippen molar-refractivity contribution in [2.24, 2.45) is 44.8 Å². The third-order valence-corrected chi connectivity index (χ3v) is 10.7. The van der Waals surface area contributed by atoms with E-state index in [1.165, 1.54) is 25.7 Å². The molecule has 2 unspecified atom stereocenters. The molecule has 2 atom stereocenters. The summed E-state index contributed by atoms with van der Waals surface area (Å²) in [7, 11) is 0. The first-order valence-electron chi connectivity index (χ1n) is 11.8. The molecule has 0 aliphatic rings. The first kappa shape index (κ1) is 28.5. The fraction of sp³-hybridized carbons (Fsp3) is 1.00. The fourth-order valence-corrected chi connectivity index (χ4v) is 5.01. The lowest BCUT2D eigenvalue weighted by molar-refractivity contribution is -0.0384. The second-order valence-corrected chi connectivity index (χ2v) is 14.2. The standard InChI is InChI=1S/C27H55Br/c1-20(2)23(5,6)18-21(3)27(13,14)25(9,10)19-22(4)26(11,12)24(7,8)16-15-17-28/h20-22H,15-19H2,1-14H3. The van der Waals surface area contributed by atoms with E-state index in [1.807, 2.05) is 0 Å². The molecule has 0 rings (SSSR count). The Labute approximate surface area is 188 Å². The zero-order valence-electron chi connectivity index (χ0n) is 22.1. The Morgan fingerprint density at radius 1 is 0.607 bits per heavy atom. The lowest BCUT2D eigenvalue weighted by Gasteiger charge is -2.53. The number of hydrogen-bond acceptors (Lipinski definition) is 0. The highest BCUT2D eigenvalue weighted by Crippen LogP contribution is 2.56. The molecule has 0 bridgehead atoms. The highest BCUT2D eigenvalue weighted by Gasteiger charge is 2.47. The fourth-order valence-electron chi connectivity index (χ4n) is 4.73. The third kappa shape index (κ3) is 6.49. The number of hydrogen-bond donors (Lipinski definition) is 0. The molecule has 0 aromatic rings. The Morgan fingerprint density at radius 2 is 1.00 bits per heavy atom. The van der Waals surface area contributed by atoms with E-state index < -0.39 is 0 Å². The molecule has 170 valence electrons. The largest absolute Gasteiger partial charge is 0.0928 e. The van der Waals surface area contributed by atoms with E-state index in [0.29, 0.717) is 38.9 Å². The van der Waals surface area contributed by atoms with Gasteiger partial charge in [-0.3, -0.25) is 0 Å². The predicted molar refractivity (Wildman–Crippen MR) is 134 cm³/mol. The van der Waals surface area contributed by atoms with E-state index >= 15 is 0 Å². The summed E-state index contributed by atoms with van der Waals surface area (Å²) in [5, 5.41) is 1.11. The van der Waals surface area contributed by atoms with Crippen LogP contribution in [0.1, 0.15) is 123 Å². The van der Waals surface area contributed by atoms with E-state index in [-0.39, 0.29) is 0 Å². The quantitative estimate of drug-likeness (QED) is 0.255. The molecule has 1 heteroatoms. The van der Waals surface area contributed by atoms with Gasteiger partial charge in [-0.25, -0.2) is 0 Å². The van der Waals surface area contributed by atoms with Crippen molar-refractivity contribution in [2.45, 2.75) is 123 Å². The molecule has 0 saturated heterocycles. The number of halogens is 1. The average molecular weight is 460 g/mol. The van der Waals surface area contributed by atoms with Crippen LogP contribution in [0.5, 0.6) is 0 Å². The van der Waals surface area contributed by atoms with Gasteiger partial charge in [0.05, 0.1) is 0 Å². The molecule has 0 aliphatic carbocycles. The highest BCUT2D eigenvalue weighted by atomic mass is 79.9.